The maximum atomic E-state index is 12.6. The summed E-state index contributed by atoms with van der Waals surface area (Å²) in [6, 6.07) is 0. The van der Waals surface area contributed by atoms with Crippen LogP contribution in [0.3, 0.4) is 0 Å². The van der Waals surface area contributed by atoms with E-state index in [0.29, 0.717) is 13.1 Å². The molecule has 0 saturated carbocycles. The number of esters is 1. The van der Waals surface area contributed by atoms with Crippen molar-refractivity contribution in [3.05, 3.63) is 0 Å². The molecule has 0 fully saturated rings. The van der Waals surface area contributed by atoms with Gasteiger partial charge in [0.15, 0.2) is 16.7 Å². The molecule has 0 heterocycles. The largest absolute Gasteiger partial charge is 0.743 e. The quantitative estimate of drug-likeness (QED) is 0.480. The predicted octanol–water partition coefficient (Wildman–Crippen LogP) is 0.00940. The lowest BCUT2D eigenvalue weighted by molar-refractivity contribution is -0.150. The fourth-order valence-corrected chi connectivity index (χ4v) is 1.12. The van der Waals surface area contributed by atoms with Crippen LogP contribution in [0.5, 0.6) is 0 Å². The number of nitrogens with zero attached hydrogens (tertiary/aromatic N) is 1. The van der Waals surface area contributed by atoms with E-state index in [-0.39, 0.29) is 6.54 Å². The summed E-state index contributed by atoms with van der Waals surface area (Å²) < 4.78 is 59.5. The Kier molecular flexibility index (Phi) is 5.93. The number of halogens is 2. The van der Waals surface area contributed by atoms with E-state index in [1.165, 1.54) is 0 Å². The minimum absolute atomic E-state index is 0.234. The van der Waals surface area contributed by atoms with Crippen molar-refractivity contribution in [2.45, 2.75) is 19.1 Å². The van der Waals surface area contributed by atoms with Crippen LogP contribution in [0.25, 0.3) is 0 Å². The van der Waals surface area contributed by atoms with Crippen molar-refractivity contribution in [2.24, 2.45) is 0 Å². The fraction of sp³-hybridized carbons (Fsp3) is 0.875. The van der Waals surface area contributed by atoms with Gasteiger partial charge >= 0.3 is 11.2 Å². The number of carbonyl (C=O) groups is 1. The lowest BCUT2D eigenvalue weighted by atomic mass is 10.5. The van der Waals surface area contributed by atoms with Crippen LogP contribution in [0.4, 0.5) is 8.78 Å². The van der Waals surface area contributed by atoms with Crippen LogP contribution in [0.2, 0.25) is 0 Å². The Morgan fingerprint density at radius 2 is 1.82 bits per heavy atom. The van der Waals surface area contributed by atoms with Crippen molar-refractivity contribution in [1.29, 1.82) is 0 Å². The average molecular weight is 274 g/mol. The van der Waals surface area contributed by atoms with Crippen molar-refractivity contribution >= 4 is 16.1 Å². The molecule has 0 bridgehead atoms. The van der Waals surface area contributed by atoms with Crippen LogP contribution in [0.1, 0.15) is 13.8 Å². The van der Waals surface area contributed by atoms with Crippen LogP contribution < -0.4 is 0 Å². The van der Waals surface area contributed by atoms with Gasteiger partial charge in [-0.25, -0.2) is 8.42 Å². The Morgan fingerprint density at radius 1 is 1.35 bits per heavy atom. The summed E-state index contributed by atoms with van der Waals surface area (Å²) in [6.45, 7) is 2.56. The highest BCUT2D eigenvalue weighted by atomic mass is 32.2. The van der Waals surface area contributed by atoms with E-state index < -0.39 is 27.9 Å². The predicted molar refractivity (Wildman–Crippen MR) is 53.4 cm³/mol. The maximum Gasteiger partial charge on any atom is 0.367 e. The average Bonchev–Trinajstić information content (AvgIpc) is 2.21. The molecule has 0 N–H and O–H groups in total. The van der Waals surface area contributed by atoms with Crippen molar-refractivity contribution in [3.63, 3.8) is 0 Å². The standard InChI is InChI=1S/C8H15F2NO5S/c1-3-11(4-2)5-7(12)16-6-8(9,10)17(13,14)15/h3-6H2,1-2H3,(H,13,14,15)/p-1. The highest BCUT2D eigenvalue weighted by Gasteiger charge is 2.39. The summed E-state index contributed by atoms with van der Waals surface area (Å²) in [5.41, 5.74) is 0. The van der Waals surface area contributed by atoms with Gasteiger partial charge in [0.2, 0.25) is 0 Å². The zero-order valence-corrected chi connectivity index (χ0v) is 10.3. The Morgan fingerprint density at radius 3 is 2.18 bits per heavy atom. The monoisotopic (exact) mass is 274 g/mol. The van der Waals surface area contributed by atoms with Gasteiger partial charge in [-0.3, -0.25) is 9.69 Å². The first kappa shape index (κ1) is 16.2. The number of likely N-dealkylation sites (N-methyl/N-ethyl adjacent to an activating group) is 1. The van der Waals surface area contributed by atoms with Gasteiger partial charge in [0.05, 0.1) is 6.54 Å². The smallest absolute Gasteiger partial charge is 0.367 e. The molecule has 0 aliphatic carbocycles. The van der Waals surface area contributed by atoms with Crippen molar-refractivity contribution in [3.8, 4) is 0 Å². The van der Waals surface area contributed by atoms with E-state index in [4.69, 9.17) is 0 Å². The molecule has 0 aliphatic heterocycles. The number of hydrogen-bond acceptors (Lipinski definition) is 6. The second kappa shape index (κ2) is 6.22. The minimum Gasteiger partial charge on any atom is -0.743 e. The maximum absolute atomic E-state index is 12.6. The highest BCUT2D eigenvalue weighted by Crippen LogP contribution is 2.20. The molecule has 0 saturated heterocycles. The van der Waals surface area contributed by atoms with E-state index in [1.807, 2.05) is 0 Å². The van der Waals surface area contributed by atoms with Crippen LogP contribution >= 0.6 is 0 Å². The minimum atomic E-state index is -5.81. The lowest BCUT2D eigenvalue weighted by Gasteiger charge is -2.21. The summed E-state index contributed by atoms with van der Waals surface area (Å²) >= 11 is 0. The normalized spacial score (nSPS) is 12.8. The summed E-state index contributed by atoms with van der Waals surface area (Å²) in [5, 5.41) is -4.59. The molecule has 0 aromatic carbocycles. The molecule has 0 aromatic heterocycles. The van der Waals surface area contributed by atoms with Crippen molar-refractivity contribution in [1.82, 2.24) is 4.90 Å². The molecular weight excluding hydrogens is 260 g/mol. The molecule has 9 heteroatoms. The van der Waals surface area contributed by atoms with Gasteiger partial charge in [0.25, 0.3) is 0 Å². The highest BCUT2D eigenvalue weighted by molar-refractivity contribution is 7.86. The zero-order valence-electron chi connectivity index (χ0n) is 9.48. The number of rotatable bonds is 7. The first-order valence-electron chi connectivity index (χ1n) is 4.85. The Bertz CT molecular complexity index is 353. The Labute approximate surface area is 98.3 Å². The molecule has 0 radical (unpaired) electrons. The second-order valence-corrected chi connectivity index (χ2v) is 4.72. The van der Waals surface area contributed by atoms with E-state index >= 15 is 0 Å². The SMILES string of the molecule is CCN(CC)CC(=O)OCC(F)(F)S(=O)(=O)[O-]. The van der Waals surface area contributed by atoms with Crippen LogP contribution in [0.15, 0.2) is 0 Å². The first-order valence-corrected chi connectivity index (χ1v) is 6.26. The third kappa shape index (κ3) is 5.37. The molecule has 6 nitrogen and oxygen atoms in total. The van der Waals surface area contributed by atoms with E-state index in [9.17, 15) is 26.5 Å². The van der Waals surface area contributed by atoms with Crippen molar-refractivity contribution in [2.75, 3.05) is 26.2 Å². The van der Waals surface area contributed by atoms with Crippen LogP contribution in [-0.2, 0) is 19.6 Å². The molecule has 0 aromatic rings. The van der Waals surface area contributed by atoms with Gasteiger partial charge < -0.3 is 9.29 Å². The topological polar surface area (TPSA) is 86.7 Å². The first-order chi connectivity index (χ1) is 7.64. The summed E-state index contributed by atoms with van der Waals surface area (Å²) in [4.78, 5) is 12.6. The molecule has 0 aliphatic rings. The van der Waals surface area contributed by atoms with Crippen LogP contribution in [-0.4, -0.2) is 55.3 Å². The molecule has 102 valence electrons. The third-order valence-corrected chi connectivity index (χ3v) is 2.86. The zero-order chi connectivity index (χ0) is 13.7. The number of hydrogen-bond donors (Lipinski definition) is 0. The Balaban J connectivity index is 4.26. The molecule has 0 spiro atoms. The molecule has 0 rings (SSSR count). The summed E-state index contributed by atoms with van der Waals surface area (Å²) in [5.74, 6) is -1.00. The number of carbonyl (C=O) groups excluding carboxylic acids is 1. The van der Waals surface area contributed by atoms with Gasteiger partial charge in [-0.2, -0.15) is 8.78 Å². The number of alkyl halides is 2. The van der Waals surface area contributed by atoms with Gasteiger partial charge in [0.1, 0.15) is 0 Å². The molecule has 0 unspecified atom stereocenters. The molecular formula is C8H14F2NO5S-. The molecule has 17 heavy (non-hydrogen) atoms. The summed E-state index contributed by atoms with van der Waals surface area (Å²) in [7, 11) is -5.81. The third-order valence-electron chi connectivity index (χ3n) is 2.01. The molecule has 0 atom stereocenters. The fourth-order valence-electron chi connectivity index (χ4n) is 0.912. The van der Waals surface area contributed by atoms with Gasteiger partial charge in [-0.1, -0.05) is 13.8 Å². The number of ether oxygens (including phenoxy) is 1. The van der Waals surface area contributed by atoms with Gasteiger partial charge in [-0.05, 0) is 13.1 Å². The van der Waals surface area contributed by atoms with Crippen LogP contribution in [0, 0.1) is 0 Å². The second-order valence-electron chi connectivity index (χ2n) is 3.21. The Hall–Kier alpha value is -0.800. The van der Waals surface area contributed by atoms with Gasteiger partial charge in [0, 0.05) is 0 Å². The summed E-state index contributed by atoms with van der Waals surface area (Å²) in [6.07, 6.45) is 0. The molecule has 0 amide bonds. The lowest BCUT2D eigenvalue weighted by Crippen LogP contribution is -2.37. The van der Waals surface area contributed by atoms with Crippen molar-refractivity contribution < 1.29 is 31.3 Å². The van der Waals surface area contributed by atoms with E-state index in [1.54, 1.807) is 18.7 Å². The van der Waals surface area contributed by atoms with E-state index in [0.717, 1.165) is 0 Å². The van der Waals surface area contributed by atoms with E-state index in [2.05, 4.69) is 4.74 Å². The van der Waals surface area contributed by atoms with Gasteiger partial charge in [-0.15, -0.1) is 0 Å².